The van der Waals surface area contributed by atoms with Gasteiger partial charge in [-0.05, 0) is 25.0 Å². The van der Waals surface area contributed by atoms with Gasteiger partial charge in [0, 0.05) is 24.8 Å². The first-order valence-electron chi connectivity index (χ1n) is 5.92. The molecule has 3 rings (SSSR count). The van der Waals surface area contributed by atoms with Crippen LogP contribution in [0.15, 0.2) is 18.2 Å². The van der Waals surface area contributed by atoms with Gasteiger partial charge < -0.3 is 14.4 Å². The van der Waals surface area contributed by atoms with Crippen LogP contribution < -0.4 is 14.4 Å². The summed E-state index contributed by atoms with van der Waals surface area (Å²) in [4.78, 5) is 1.98. The largest absolute Gasteiger partial charge is 0.507 e. The van der Waals surface area contributed by atoms with Crippen LogP contribution in [0.2, 0.25) is 0 Å². The number of rotatable bonds is 1. The molecule has 0 aromatic heterocycles. The van der Waals surface area contributed by atoms with E-state index in [-0.39, 0.29) is 11.5 Å². The van der Waals surface area contributed by atoms with Crippen molar-refractivity contribution in [2.75, 3.05) is 18.0 Å². The summed E-state index contributed by atoms with van der Waals surface area (Å²) in [5.74, 6) is -0.737. The van der Waals surface area contributed by atoms with Gasteiger partial charge in [0.25, 0.3) is 0 Å². The van der Waals surface area contributed by atoms with E-state index in [1.165, 1.54) is 12.1 Å². The maximum absolute atomic E-state index is 13.1. The molecule has 2 aliphatic heterocycles. The van der Waals surface area contributed by atoms with Gasteiger partial charge in [0.15, 0.2) is 11.5 Å². The number of anilines is 1. The van der Waals surface area contributed by atoms with Crippen molar-refractivity contribution in [3.63, 3.8) is 0 Å². The molecular formula is C12H11F4NO2. The molecule has 0 unspecified atom stereocenters. The quantitative estimate of drug-likeness (QED) is 0.735. The second-order valence-corrected chi connectivity index (χ2v) is 4.56. The van der Waals surface area contributed by atoms with Gasteiger partial charge in [-0.15, -0.1) is 0 Å². The van der Waals surface area contributed by atoms with E-state index < -0.39 is 12.2 Å². The van der Waals surface area contributed by atoms with Crippen LogP contribution in [-0.4, -0.2) is 25.3 Å². The first-order valence-corrected chi connectivity index (χ1v) is 5.92. The zero-order valence-electron chi connectivity index (χ0n) is 9.84. The molecule has 0 saturated carbocycles. The number of hydrogen-bond donors (Lipinski definition) is 0. The number of alkyl halides is 4. The van der Waals surface area contributed by atoms with Crippen LogP contribution in [0.5, 0.6) is 11.5 Å². The summed E-state index contributed by atoms with van der Waals surface area (Å²) in [6.07, 6.45) is -7.29. The van der Waals surface area contributed by atoms with E-state index in [4.69, 9.17) is 0 Å². The Balaban J connectivity index is 1.94. The van der Waals surface area contributed by atoms with Crippen molar-refractivity contribution in [2.45, 2.75) is 25.1 Å². The molecule has 0 aliphatic carbocycles. The molecule has 1 fully saturated rings. The summed E-state index contributed by atoms with van der Waals surface area (Å²) in [7, 11) is 0. The Hall–Kier alpha value is -1.66. The third-order valence-electron chi connectivity index (χ3n) is 3.21. The van der Waals surface area contributed by atoms with Crippen LogP contribution in [0.25, 0.3) is 0 Å². The predicted octanol–water partition coefficient (Wildman–Crippen LogP) is 3.24. The molecule has 0 atom stereocenters. The van der Waals surface area contributed by atoms with Gasteiger partial charge in [0.05, 0.1) is 0 Å². The predicted molar refractivity (Wildman–Crippen MR) is 59.0 cm³/mol. The number of fused-ring (bicyclic) bond motifs is 1. The first-order chi connectivity index (χ1) is 8.89. The average Bonchev–Trinajstić information content (AvgIpc) is 2.82. The molecule has 3 nitrogen and oxygen atoms in total. The van der Waals surface area contributed by atoms with Crippen molar-refractivity contribution in [1.29, 1.82) is 0 Å². The second kappa shape index (κ2) is 3.91. The number of benzene rings is 1. The Kier molecular flexibility index (Phi) is 2.55. The number of hydrogen-bond acceptors (Lipinski definition) is 3. The molecule has 2 aliphatic rings. The monoisotopic (exact) mass is 277 g/mol. The standard InChI is InChI=1S/C12H11F4NO2/c13-11(14)12(15,16)19-10-7-8(3-4-9(10)18-11)17-5-1-2-6-17/h3-4,7H,1-2,5-6H2. The van der Waals surface area contributed by atoms with Crippen molar-refractivity contribution in [2.24, 2.45) is 0 Å². The van der Waals surface area contributed by atoms with Crippen molar-refractivity contribution in [1.82, 2.24) is 0 Å². The van der Waals surface area contributed by atoms with E-state index in [1.54, 1.807) is 6.07 Å². The van der Waals surface area contributed by atoms with Crippen LogP contribution in [0.4, 0.5) is 23.2 Å². The molecule has 2 heterocycles. The van der Waals surface area contributed by atoms with Gasteiger partial charge in [0.2, 0.25) is 0 Å². The SMILES string of the molecule is FC1(F)Oc2ccc(N3CCCC3)cc2OC1(F)F. The van der Waals surface area contributed by atoms with Gasteiger partial charge in [-0.25, -0.2) is 0 Å². The highest BCUT2D eigenvalue weighted by molar-refractivity contribution is 5.57. The van der Waals surface area contributed by atoms with Gasteiger partial charge in [-0.2, -0.15) is 17.6 Å². The highest BCUT2D eigenvalue weighted by Crippen LogP contribution is 2.48. The van der Waals surface area contributed by atoms with E-state index in [9.17, 15) is 17.6 Å². The fraction of sp³-hybridized carbons (Fsp3) is 0.500. The maximum atomic E-state index is 13.1. The molecule has 0 radical (unpaired) electrons. The van der Waals surface area contributed by atoms with E-state index in [1.807, 2.05) is 4.90 Å². The topological polar surface area (TPSA) is 21.7 Å². The smallest absolute Gasteiger partial charge is 0.421 e. The van der Waals surface area contributed by atoms with Crippen LogP contribution in [0.1, 0.15) is 12.8 Å². The number of nitrogens with zero attached hydrogens (tertiary/aromatic N) is 1. The molecule has 0 N–H and O–H groups in total. The van der Waals surface area contributed by atoms with Crippen LogP contribution in [0.3, 0.4) is 0 Å². The Labute approximate surface area is 106 Å². The van der Waals surface area contributed by atoms with Gasteiger partial charge >= 0.3 is 12.2 Å². The molecular weight excluding hydrogens is 266 g/mol. The molecule has 0 bridgehead atoms. The van der Waals surface area contributed by atoms with Gasteiger partial charge in [-0.3, -0.25) is 0 Å². The zero-order valence-corrected chi connectivity index (χ0v) is 9.84. The second-order valence-electron chi connectivity index (χ2n) is 4.56. The van der Waals surface area contributed by atoms with Gasteiger partial charge in [0.1, 0.15) is 0 Å². The molecule has 7 heteroatoms. The summed E-state index contributed by atoms with van der Waals surface area (Å²) in [5.41, 5.74) is 0.667. The summed E-state index contributed by atoms with van der Waals surface area (Å²) < 4.78 is 60.2. The molecule has 1 aromatic carbocycles. The van der Waals surface area contributed by atoms with Gasteiger partial charge in [-0.1, -0.05) is 0 Å². The zero-order chi connectivity index (χ0) is 13.7. The Morgan fingerprint density at radius 1 is 0.895 bits per heavy atom. The van der Waals surface area contributed by atoms with Crippen LogP contribution >= 0.6 is 0 Å². The minimum absolute atomic E-state index is 0.361. The Bertz CT molecular complexity index is 501. The molecule has 1 aromatic rings. The van der Waals surface area contributed by atoms with Crippen molar-refractivity contribution >= 4 is 5.69 Å². The number of ether oxygens (including phenoxy) is 2. The Morgan fingerprint density at radius 2 is 1.47 bits per heavy atom. The normalized spacial score (nSPS) is 23.5. The summed E-state index contributed by atoms with van der Waals surface area (Å²) >= 11 is 0. The fourth-order valence-electron chi connectivity index (χ4n) is 2.23. The fourth-order valence-corrected chi connectivity index (χ4v) is 2.23. The summed E-state index contributed by atoms with van der Waals surface area (Å²) in [5, 5.41) is 0. The van der Waals surface area contributed by atoms with Crippen LogP contribution in [-0.2, 0) is 0 Å². The number of halogens is 4. The summed E-state index contributed by atoms with van der Waals surface area (Å²) in [6, 6.07) is 4.10. The van der Waals surface area contributed by atoms with E-state index in [0.717, 1.165) is 25.9 Å². The maximum Gasteiger partial charge on any atom is 0.507 e. The molecule has 0 amide bonds. The van der Waals surface area contributed by atoms with E-state index >= 15 is 0 Å². The third-order valence-corrected chi connectivity index (χ3v) is 3.21. The van der Waals surface area contributed by atoms with E-state index in [2.05, 4.69) is 9.47 Å². The van der Waals surface area contributed by atoms with Crippen LogP contribution in [0, 0.1) is 0 Å². The first kappa shape index (κ1) is 12.4. The Morgan fingerprint density at radius 3 is 2.11 bits per heavy atom. The average molecular weight is 277 g/mol. The minimum atomic E-state index is -4.66. The highest BCUT2D eigenvalue weighted by atomic mass is 19.3. The molecule has 19 heavy (non-hydrogen) atoms. The lowest BCUT2D eigenvalue weighted by molar-refractivity contribution is -0.391. The lowest BCUT2D eigenvalue weighted by atomic mass is 10.2. The molecule has 1 saturated heterocycles. The summed E-state index contributed by atoms with van der Waals surface area (Å²) in [6.45, 7) is 1.62. The van der Waals surface area contributed by atoms with Crippen molar-refractivity contribution < 1.29 is 27.0 Å². The van der Waals surface area contributed by atoms with E-state index in [0.29, 0.717) is 5.69 Å². The van der Waals surface area contributed by atoms with Crippen molar-refractivity contribution in [3.8, 4) is 11.5 Å². The molecule has 0 spiro atoms. The van der Waals surface area contributed by atoms with Crippen molar-refractivity contribution in [3.05, 3.63) is 18.2 Å². The lowest BCUT2D eigenvalue weighted by Crippen LogP contribution is -2.52. The molecule has 104 valence electrons. The minimum Gasteiger partial charge on any atom is -0.421 e. The third kappa shape index (κ3) is 1.97. The lowest BCUT2D eigenvalue weighted by Gasteiger charge is -2.32. The highest BCUT2D eigenvalue weighted by Gasteiger charge is 2.65.